The SMILES string of the molecule is CC(C)(C)OC(=O)N1CCC2(CC1)CC1(c3c(C4CC4)nnn3-c3c(Cl)cccc3Cl)OCC21. The smallest absolute Gasteiger partial charge is 0.410 e. The van der Waals surface area contributed by atoms with Crippen LogP contribution in [-0.4, -0.2) is 51.3 Å². The third-order valence-corrected chi connectivity index (χ3v) is 8.66. The van der Waals surface area contributed by atoms with Crippen LogP contribution in [0.3, 0.4) is 0 Å². The van der Waals surface area contributed by atoms with E-state index in [1.807, 2.05) is 48.6 Å². The van der Waals surface area contributed by atoms with Gasteiger partial charge in [-0.3, -0.25) is 0 Å². The number of likely N-dealkylation sites (tertiary alicyclic amines) is 1. The van der Waals surface area contributed by atoms with E-state index in [1.165, 1.54) is 0 Å². The highest BCUT2D eigenvalue weighted by Gasteiger charge is 2.72. The number of fused-ring (bicyclic) bond motifs is 2. The number of halogens is 2. The predicted molar refractivity (Wildman–Crippen MR) is 129 cm³/mol. The van der Waals surface area contributed by atoms with E-state index in [9.17, 15) is 4.79 Å². The van der Waals surface area contributed by atoms with Crippen molar-refractivity contribution in [2.24, 2.45) is 11.3 Å². The number of rotatable bonds is 3. The van der Waals surface area contributed by atoms with Gasteiger partial charge in [-0.2, -0.15) is 0 Å². The minimum absolute atomic E-state index is 0.164. The molecule has 2 unspecified atom stereocenters. The Hall–Kier alpha value is -1.83. The van der Waals surface area contributed by atoms with Crippen LogP contribution < -0.4 is 0 Å². The molecule has 9 heteroatoms. The van der Waals surface area contributed by atoms with Crippen molar-refractivity contribution in [2.75, 3.05) is 19.7 Å². The first-order valence-electron chi connectivity index (χ1n) is 12.2. The number of hydrogen-bond acceptors (Lipinski definition) is 5. The summed E-state index contributed by atoms with van der Waals surface area (Å²) in [5.74, 6) is 0.798. The molecule has 2 saturated heterocycles. The molecule has 2 aliphatic carbocycles. The second-order valence-electron chi connectivity index (χ2n) is 11.3. The highest BCUT2D eigenvalue weighted by Crippen LogP contribution is 2.71. The fraction of sp³-hybridized carbons (Fsp3) is 0.640. The summed E-state index contributed by atoms with van der Waals surface area (Å²) >= 11 is 13.2. The van der Waals surface area contributed by atoms with E-state index in [0.717, 1.165) is 50.1 Å². The summed E-state index contributed by atoms with van der Waals surface area (Å²) in [7, 11) is 0. The van der Waals surface area contributed by atoms with E-state index in [-0.39, 0.29) is 11.5 Å². The molecule has 4 fully saturated rings. The molecule has 182 valence electrons. The van der Waals surface area contributed by atoms with Crippen molar-refractivity contribution in [2.45, 2.75) is 70.0 Å². The van der Waals surface area contributed by atoms with E-state index in [1.54, 1.807) is 0 Å². The Morgan fingerprint density at radius 2 is 1.85 bits per heavy atom. The first-order valence-corrected chi connectivity index (χ1v) is 12.9. The molecule has 3 heterocycles. The number of piperidine rings is 1. The Morgan fingerprint density at radius 1 is 1.18 bits per heavy atom. The van der Waals surface area contributed by atoms with Gasteiger partial charge in [0, 0.05) is 24.9 Å². The summed E-state index contributed by atoms with van der Waals surface area (Å²) in [6, 6.07) is 5.50. The zero-order valence-electron chi connectivity index (χ0n) is 19.8. The zero-order chi connectivity index (χ0) is 23.9. The van der Waals surface area contributed by atoms with Crippen molar-refractivity contribution < 1.29 is 14.3 Å². The van der Waals surface area contributed by atoms with E-state index in [0.29, 0.717) is 40.7 Å². The number of carbonyl (C=O) groups is 1. The van der Waals surface area contributed by atoms with Gasteiger partial charge in [-0.15, -0.1) is 5.10 Å². The molecule has 2 aliphatic heterocycles. The maximum Gasteiger partial charge on any atom is 0.410 e. The van der Waals surface area contributed by atoms with Gasteiger partial charge < -0.3 is 14.4 Å². The molecule has 0 bridgehead atoms. The lowest BCUT2D eigenvalue weighted by molar-refractivity contribution is -0.351. The summed E-state index contributed by atoms with van der Waals surface area (Å²) in [6.45, 7) is 7.86. The fourth-order valence-electron chi connectivity index (χ4n) is 6.20. The van der Waals surface area contributed by atoms with Gasteiger partial charge in [0.2, 0.25) is 0 Å². The Labute approximate surface area is 209 Å². The van der Waals surface area contributed by atoms with Crippen LogP contribution in [0.4, 0.5) is 4.79 Å². The zero-order valence-corrected chi connectivity index (χ0v) is 21.3. The number of carbonyl (C=O) groups excluding carboxylic acids is 1. The summed E-state index contributed by atoms with van der Waals surface area (Å²) in [5, 5.41) is 10.2. The number of amides is 1. The quantitative estimate of drug-likeness (QED) is 0.534. The normalized spacial score (nSPS) is 27.7. The second kappa shape index (κ2) is 7.58. The maximum absolute atomic E-state index is 12.6. The first-order chi connectivity index (χ1) is 16.1. The molecule has 0 radical (unpaired) electrons. The summed E-state index contributed by atoms with van der Waals surface area (Å²) in [5.41, 5.74) is 2.01. The number of ether oxygens (including phenoxy) is 2. The van der Waals surface area contributed by atoms with Gasteiger partial charge in [-0.1, -0.05) is 34.5 Å². The van der Waals surface area contributed by atoms with Crippen molar-refractivity contribution in [3.63, 3.8) is 0 Å². The summed E-state index contributed by atoms with van der Waals surface area (Å²) in [4.78, 5) is 14.4. The number of nitrogens with zero attached hydrogens (tertiary/aromatic N) is 4. The van der Waals surface area contributed by atoms with Crippen LogP contribution in [0.25, 0.3) is 5.69 Å². The molecule has 1 aromatic carbocycles. The van der Waals surface area contributed by atoms with Gasteiger partial charge in [0.1, 0.15) is 22.6 Å². The van der Waals surface area contributed by atoms with Crippen LogP contribution in [-0.2, 0) is 15.1 Å². The number of aromatic nitrogens is 3. The molecule has 2 atom stereocenters. The van der Waals surface area contributed by atoms with E-state index < -0.39 is 11.2 Å². The number of para-hydroxylation sites is 1. The molecule has 6 rings (SSSR count). The lowest BCUT2D eigenvalue weighted by Gasteiger charge is -2.70. The van der Waals surface area contributed by atoms with Crippen LogP contribution in [0.15, 0.2) is 18.2 Å². The predicted octanol–water partition coefficient (Wildman–Crippen LogP) is 5.71. The van der Waals surface area contributed by atoms with Crippen LogP contribution in [0.5, 0.6) is 0 Å². The molecule has 4 aliphatic rings. The number of benzene rings is 1. The Bertz CT molecular complexity index is 1130. The molecule has 2 saturated carbocycles. The fourth-order valence-corrected chi connectivity index (χ4v) is 6.76. The molecule has 1 spiro atoms. The lowest BCUT2D eigenvalue weighted by Crippen LogP contribution is -2.72. The van der Waals surface area contributed by atoms with Crippen LogP contribution >= 0.6 is 23.2 Å². The topological polar surface area (TPSA) is 69.5 Å². The molecule has 2 aromatic rings. The monoisotopic (exact) mass is 504 g/mol. The first kappa shape index (κ1) is 22.6. The third-order valence-electron chi connectivity index (χ3n) is 8.05. The van der Waals surface area contributed by atoms with Gasteiger partial charge in [0.25, 0.3) is 0 Å². The van der Waals surface area contributed by atoms with Crippen molar-refractivity contribution in [3.05, 3.63) is 39.6 Å². The highest BCUT2D eigenvalue weighted by molar-refractivity contribution is 6.37. The molecule has 34 heavy (non-hydrogen) atoms. The van der Waals surface area contributed by atoms with Crippen molar-refractivity contribution >= 4 is 29.3 Å². The second-order valence-corrected chi connectivity index (χ2v) is 12.2. The molecular weight excluding hydrogens is 475 g/mol. The maximum atomic E-state index is 12.6. The standard InChI is InChI=1S/C25H30Cl2N4O3/c1-23(2,3)34-22(32)30-11-9-24(10-12-30)14-25(18(24)13-33-25)21-19(15-7-8-15)28-29-31(21)20-16(26)5-4-6-17(20)27/h4-6,15,18H,7-14H2,1-3H3. The van der Waals surface area contributed by atoms with Crippen molar-refractivity contribution in [1.82, 2.24) is 19.9 Å². The van der Waals surface area contributed by atoms with Gasteiger partial charge >= 0.3 is 6.09 Å². The molecular formula is C25H30Cl2N4O3. The van der Waals surface area contributed by atoms with Crippen molar-refractivity contribution in [1.29, 1.82) is 0 Å². The molecule has 1 aromatic heterocycles. The summed E-state index contributed by atoms with van der Waals surface area (Å²) in [6.07, 6.45) is 4.84. The average Bonchev–Trinajstić information content (AvgIpc) is 3.50. The molecule has 1 amide bonds. The van der Waals surface area contributed by atoms with E-state index >= 15 is 0 Å². The lowest BCUT2D eigenvalue weighted by atomic mass is 9.44. The molecule has 0 N–H and O–H groups in total. The Morgan fingerprint density at radius 3 is 2.38 bits per heavy atom. The van der Waals surface area contributed by atoms with Gasteiger partial charge in [0.15, 0.2) is 0 Å². The highest BCUT2D eigenvalue weighted by atomic mass is 35.5. The van der Waals surface area contributed by atoms with Gasteiger partial charge in [-0.25, -0.2) is 9.48 Å². The van der Waals surface area contributed by atoms with Crippen LogP contribution in [0.1, 0.15) is 70.2 Å². The van der Waals surface area contributed by atoms with Crippen molar-refractivity contribution in [3.8, 4) is 5.69 Å². The van der Waals surface area contributed by atoms with E-state index in [2.05, 4.69) is 10.3 Å². The van der Waals surface area contributed by atoms with Gasteiger partial charge in [0.05, 0.1) is 22.3 Å². The summed E-state index contributed by atoms with van der Waals surface area (Å²) < 4.78 is 13.8. The number of hydrogen-bond donors (Lipinski definition) is 0. The Kier molecular flexibility index (Phi) is 5.05. The third kappa shape index (κ3) is 3.38. The van der Waals surface area contributed by atoms with Crippen LogP contribution in [0.2, 0.25) is 10.0 Å². The molecule has 7 nitrogen and oxygen atoms in total. The average molecular weight is 505 g/mol. The Balaban J connectivity index is 1.28. The largest absolute Gasteiger partial charge is 0.444 e. The van der Waals surface area contributed by atoms with Crippen LogP contribution in [0, 0.1) is 11.3 Å². The minimum atomic E-state index is -0.482. The van der Waals surface area contributed by atoms with Gasteiger partial charge in [-0.05, 0) is 70.4 Å². The van der Waals surface area contributed by atoms with E-state index in [4.69, 9.17) is 32.7 Å². The minimum Gasteiger partial charge on any atom is -0.444 e.